The summed E-state index contributed by atoms with van der Waals surface area (Å²) in [6.45, 7) is 1.90. The van der Waals surface area contributed by atoms with Crippen LogP contribution in [0.5, 0.6) is 0 Å². The number of rotatable bonds is 2. The maximum absolute atomic E-state index is 3.78. The number of halogens is 1. The molecule has 0 amide bonds. The predicted molar refractivity (Wildman–Crippen MR) is 93.4 cm³/mol. The molecule has 0 saturated carbocycles. The highest BCUT2D eigenvalue weighted by atomic mass is 79.9. The van der Waals surface area contributed by atoms with Crippen LogP contribution in [0.4, 0.5) is 5.69 Å². The number of benzene rings is 1. The molecule has 1 fully saturated rings. The number of fused-ring (bicyclic) bond motifs is 2. The Morgan fingerprint density at radius 3 is 3.24 bits per heavy atom. The first kappa shape index (κ1) is 13.5. The largest absolute Gasteiger partial charge is 0.380 e. The molecule has 0 aromatic heterocycles. The fraction of sp³-hybridized carbons (Fsp3) is 0.250. The third-order valence-electron chi connectivity index (χ3n) is 3.91. The van der Waals surface area contributed by atoms with E-state index < -0.39 is 0 Å². The van der Waals surface area contributed by atoms with Crippen molar-refractivity contribution in [2.75, 3.05) is 18.4 Å². The summed E-state index contributed by atoms with van der Waals surface area (Å²) in [5.41, 5.74) is 3.93. The van der Waals surface area contributed by atoms with Crippen molar-refractivity contribution in [3.05, 3.63) is 53.8 Å². The molecule has 0 aliphatic carbocycles. The van der Waals surface area contributed by atoms with Gasteiger partial charge in [0.15, 0.2) is 0 Å². The lowest BCUT2D eigenvalue weighted by Gasteiger charge is -2.27. The van der Waals surface area contributed by atoms with Gasteiger partial charge in [0.1, 0.15) is 6.17 Å². The Bertz CT molecular complexity index is 653. The van der Waals surface area contributed by atoms with E-state index >= 15 is 0 Å². The summed E-state index contributed by atoms with van der Waals surface area (Å²) in [6, 6.07) is 6.48. The lowest BCUT2D eigenvalue weighted by molar-refractivity contribution is 0.430. The molecule has 3 aliphatic heterocycles. The number of nitrogens with one attached hydrogen (secondary N) is 2. The van der Waals surface area contributed by atoms with E-state index in [-0.39, 0.29) is 6.17 Å². The van der Waals surface area contributed by atoms with Crippen LogP contribution in [-0.4, -0.2) is 28.4 Å². The Morgan fingerprint density at radius 2 is 2.29 bits per heavy atom. The van der Waals surface area contributed by atoms with E-state index in [2.05, 4.69) is 73.4 Å². The monoisotopic (exact) mass is 361 g/mol. The maximum Gasteiger partial charge on any atom is 0.112 e. The van der Waals surface area contributed by atoms with Crippen LogP contribution in [-0.2, 0) is 0 Å². The van der Waals surface area contributed by atoms with E-state index in [1.54, 1.807) is 0 Å². The molecule has 108 valence electrons. The van der Waals surface area contributed by atoms with Gasteiger partial charge in [-0.15, -0.1) is 0 Å². The SMILES string of the molecule is BrC1CN(Sc2cccc3c2NCC=C3)C2NC=CC=C12. The van der Waals surface area contributed by atoms with Crippen LogP contribution >= 0.6 is 27.9 Å². The highest BCUT2D eigenvalue weighted by molar-refractivity contribution is 9.09. The lowest BCUT2D eigenvalue weighted by Crippen LogP contribution is -2.36. The molecule has 0 radical (unpaired) electrons. The van der Waals surface area contributed by atoms with Crippen LogP contribution in [0.2, 0.25) is 0 Å². The quantitative estimate of drug-likeness (QED) is 0.621. The van der Waals surface area contributed by atoms with Gasteiger partial charge in [0.2, 0.25) is 0 Å². The molecule has 1 saturated heterocycles. The summed E-state index contributed by atoms with van der Waals surface area (Å²) < 4.78 is 2.41. The average molecular weight is 362 g/mol. The Balaban J connectivity index is 1.61. The molecule has 3 heterocycles. The van der Waals surface area contributed by atoms with E-state index in [1.165, 1.54) is 21.7 Å². The summed E-state index contributed by atoms with van der Waals surface area (Å²) in [4.78, 5) is 1.70. The minimum absolute atomic E-state index is 0.277. The van der Waals surface area contributed by atoms with E-state index in [0.29, 0.717) is 4.83 Å². The molecule has 5 heteroatoms. The van der Waals surface area contributed by atoms with E-state index in [9.17, 15) is 0 Å². The van der Waals surface area contributed by atoms with E-state index in [4.69, 9.17) is 0 Å². The minimum Gasteiger partial charge on any atom is -0.380 e. The molecule has 1 aromatic rings. The van der Waals surface area contributed by atoms with Crippen molar-refractivity contribution in [3.63, 3.8) is 0 Å². The Labute approximate surface area is 137 Å². The molecule has 4 rings (SSSR count). The minimum atomic E-state index is 0.277. The highest BCUT2D eigenvalue weighted by Crippen LogP contribution is 2.41. The predicted octanol–water partition coefficient (Wildman–Crippen LogP) is 3.58. The van der Waals surface area contributed by atoms with Gasteiger partial charge in [-0.3, -0.25) is 0 Å². The van der Waals surface area contributed by atoms with Crippen molar-refractivity contribution in [1.29, 1.82) is 0 Å². The van der Waals surface area contributed by atoms with Gasteiger partial charge in [0.25, 0.3) is 0 Å². The second-order valence-electron chi connectivity index (χ2n) is 5.26. The molecule has 2 unspecified atom stereocenters. The lowest BCUT2D eigenvalue weighted by atomic mass is 10.1. The van der Waals surface area contributed by atoms with Crippen molar-refractivity contribution in [3.8, 4) is 0 Å². The highest BCUT2D eigenvalue weighted by Gasteiger charge is 2.36. The van der Waals surface area contributed by atoms with Gasteiger partial charge < -0.3 is 10.6 Å². The summed E-state index contributed by atoms with van der Waals surface area (Å²) in [5.74, 6) is 0. The van der Waals surface area contributed by atoms with Gasteiger partial charge in [-0.1, -0.05) is 46.3 Å². The number of anilines is 1. The van der Waals surface area contributed by atoms with Crippen LogP contribution < -0.4 is 10.6 Å². The molecular weight excluding hydrogens is 346 g/mol. The molecule has 21 heavy (non-hydrogen) atoms. The fourth-order valence-corrected chi connectivity index (χ4v) is 4.99. The Morgan fingerprint density at radius 1 is 1.33 bits per heavy atom. The number of hydrogen-bond acceptors (Lipinski definition) is 4. The number of dihydropyridines is 1. The van der Waals surface area contributed by atoms with E-state index in [0.717, 1.165) is 13.1 Å². The topological polar surface area (TPSA) is 27.3 Å². The van der Waals surface area contributed by atoms with Crippen molar-refractivity contribution >= 4 is 39.6 Å². The van der Waals surface area contributed by atoms with Gasteiger partial charge >= 0.3 is 0 Å². The summed E-state index contributed by atoms with van der Waals surface area (Å²) in [7, 11) is 0. The first-order valence-corrected chi connectivity index (χ1v) is 8.76. The van der Waals surface area contributed by atoms with Gasteiger partial charge in [-0.2, -0.15) is 0 Å². The zero-order chi connectivity index (χ0) is 14.2. The smallest absolute Gasteiger partial charge is 0.112 e. The Kier molecular flexibility index (Phi) is 3.57. The zero-order valence-electron chi connectivity index (χ0n) is 11.4. The van der Waals surface area contributed by atoms with Gasteiger partial charge in [-0.05, 0) is 41.4 Å². The molecular formula is C16H16BrN3S. The van der Waals surface area contributed by atoms with Crippen molar-refractivity contribution in [2.24, 2.45) is 0 Å². The second-order valence-corrected chi connectivity index (χ2v) is 7.45. The van der Waals surface area contributed by atoms with Gasteiger partial charge in [0, 0.05) is 18.0 Å². The summed E-state index contributed by atoms with van der Waals surface area (Å²) in [5, 5.41) is 6.95. The number of alkyl halides is 1. The van der Waals surface area contributed by atoms with Crippen LogP contribution in [0.1, 0.15) is 5.56 Å². The first-order valence-electron chi connectivity index (χ1n) is 7.08. The van der Waals surface area contributed by atoms with Crippen LogP contribution in [0.3, 0.4) is 0 Å². The maximum atomic E-state index is 3.78. The fourth-order valence-electron chi connectivity index (χ4n) is 2.90. The summed E-state index contributed by atoms with van der Waals surface area (Å²) >= 11 is 5.61. The molecule has 0 spiro atoms. The first-order chi connectivity index (χ1) is 10.3. The van der Waals surface area contributed by atoms with Crippen molar-refractivity contribution < 1.29 is 0 Å². The van der Waals surface area contributed by atoms with Crippen LogP contribution in [0, 0.1) is 0 Å². The summed E-state index contributed by atoms with van der Waals surface area (Å²) in [6.07, 6.45) is 10.9. The molecule has 3 aliphatic rings. The molecule has 3 nitrogen and oxygen atoms in total. The number of para-hydroxylation sites is 1. The van der Waals surface area contributed by atoms with Gasteiger partial charge in [-0.25, -0.2) is 4.31 Å². The number of nitrogens with zero attached hydrogens (tertiary/aromatic N) is 1. The van der Waals surface area contributed by atoms with Gasteiger partial charge in [0.05, 0.1) is 10.5 Å². The van der Waals surface area contributed by atoms with Crippen molar-refractivity contribution in [2.45, 2.75) is 15.9 Å². The molecule has 0 bridgehead atoms. The second kappa shape index (κ2) is 5.55. The molecule has 2 atom stereocenters. The Hall–Kier alpha value is -1.17. The molecule has 1 aromatic carbocycles. The van der Waals surface area contributed by atoms with Crippen LogP contribution in [0.15, 0.2) is 53.1 Å². The van der Waals surface area contributed by atoms with Crippen LogP contribution in [0.25, 0.3) is 6.08 Å². The third-order valence-corrected chi connectivity index (χ3v) is 5.86. The van der Waals surface area contributed by atoms with Crippen molar-refractivity contribution in [1.82, 2.24) is 9.62 Å². The molecule has 2 N–H and O–H groups in total. The zero-order valence-corrected chi connectivity index (χ0v) is 13.8. The van der Waals surface area contributed by atoms with E-state index in [1.807, 2.05) is 18.1 Å². The number of hydrogen-bond donors (Lipinski definition) is 2. The average Bonchev–Trinajstić information content (AvgIpc) is 2.85. The number of allylic oxidation sites excluding steroid dienone is 2. The standard InChI is InChI=1S/C16H16BrN3S/c17-13-10-20(16-12(13)6-3-9-19-16)21-14-7-1-4-11-5-2-8-18-15(11)14/h1-7,9,13,16,18-19H,8,10H2. The third kappa shape index (κ3) is 2.43. The normalized spacial score (nSPS) is 26.6.